The first-order valence-corrected chi connectivity index (χ1v) is 5.87. The predicted octanol–water partition coefficient (Wildman–Crippen LogP) is -1.47. The third-order valence-corrected chi connectivity index (χ3v) is 3.22. The number of hydrogen-bond donors (Lipinski definition) is 3. The second kappa shape index (κ2) is 4.90. The summed E-state index contributed by atoms with van der Waals surface area (Å²) in [6.45, 7) is -0.133. The molecule has 4 N–H and O–H groups in total. The first kappa shape index (κ1) is 12.4. The minimum Gasteiger partial charge on any atom is -0.370 e. The van der Waals surface area contributed by atoms with Gasteiger partial charge in [0.2, 0.25) is 21.4 Å². The molecule has 16 heavy (non-hydrogen) atoms. The Morgan fingerprint density at radius 1 is 1.50 bits per heavy atom. The van der Waals surface area contributed by atoms with Crippen LogP contribution in [-0.2, 0) is 14.8 Å². The van der Waals surface area contributed by atoms with Gasteiger partial charge < -0.3 is 10.7 Å². The third-order valence-electron chi connectivity index (χ3n) is 1.74. The summed E-state index contributed by atoms with van der Waals surface area (Å²) >= 11 is 0. The van der Waals surface area contributed by atoms with E-state index in [2.05, 4.69) is 9.71 Å². The molecule has 88 valence electrons. The van der Waals surface area contributed by atoms with Crippen LogP contribution in [-0.4, -0.2) is 25.9 Å². The van der Waals surface area contributed by atoms with Crippen LogP contribution >= 0.6 is 0 Å². The monoisotopic (exact) mass is 245 g/mol. The lowest BCUT2D eigenvalue weighted by Crippen LogP contribution is -2.31. The standard InChI is InChI=1S/C8H11N3O4S/c9-8(13)2-4-11-16(14,15)7-5-10-3-1-6(7)12/h1,3,5,11H,2,4H2,(H2,9,13)(H,10,12). The lowest BCUT2D eigenvalue weighted by atomic mass is 10.4. The van der Waals surface area contributed by atoms with Crippen molar-refractivity contribution in [2.45, 2.75) is 11.3 Å². The molecule has 0 fully saturated rings. The average Bonchev–Trinajstić information content (AvgIpc) is 2.17. The number of nitrogens with two attached hydrogens (primary N) is 1. The maximum Gasteiger partial charge on any atom is 0.245 e. The van der Waals surface area contributed by atoms with Gasteiger partial charge in [0.15, 0.2) is 0 Å². The molecule has 1 rings (SSSR count). The van der Waals surface area contributed by atoms with Gasteiger partial charge in [0.25, 0.3) is 0 Å². The van der Waals surface area contributed by atoms with Crippen LogP contribution in [0.2, 0.25) is 0 Å². The van der Waals surface area contributed by atoms with E-state index in [0.717, 1.165) is 12.3 Å². The second-order valence-corrected chi connectivity index (χ2v) is 4.72. The summed E-state index contributed by atoms with van der Waals surface area (Å²) in [4.78, 5) is 23.7. The average molecular weight is 245 g/mol. The van der Waals surface area contributed by atoms with Crippen LogP contribution in [0.15, 0.2) is 28.2 Å². The molecule has 8 heteroatoms. The van der Waals surface area contributed by atoms with Gasteiger partial charge in [0.05, 0.1) is 0 Å². The molecule has 0 aliphatic carbocycles. The van der Waals surface area contributed by atoms with Crippen molar-refractivity contribution in [1.82, 2.24) is 9.71 Å². The minimum atomic E-state index is -3.89. The molecule has 0 saturated carbocycles. The number of primary amides is 1. The number of carbonyl (C=O) groups excluding carboxylic acids is 1. The first-order valence-electron chi connectivity index (χ1n) is 4.38. The van der Waals surface area contributed by atoms with Crippen molar-refractivity contribution in [3.05, 3.63) is 28.7 Å². The highest BCUT2D eigenvalue weighted by molar-refractivity contribution is 7.89. The molecule has 1 amide bonds. The van der Waals surface area contributed by atoms with Crippen LogP contribution < -0.4 is 15.9 Å². The second-order valence-electron chi connectivity index (χ2n) is 2.99. The van der Waals surface area contributed by atoms with Gasteiger partial charge in [-0.1, -0.05) is 0 Å². The van der Waals surface area contributed by atoms with E-state index >= 15 is 0 Å². The number of aromatic amines is 1. The Hall–Kier alpha value is -1.67. The molecule has 7 nitrogen and oxygen atoms in total. The van der Waals surface area contributed by atoms with Crippen LogP contribution in [0.3, 0.4) is 0 Å². The zero-order valence-corrected chi connectivity index (χ0v) is 9.08. The molecule has 0 unspecified atom stereocenters. The zero-order valence-electron chi connectivity index (χ0n) is 8.26. The molecular weight excluding hydrogens is 234 g/mol. The van der Waals surface area contributed by atoms with E-state index < -0.39 is 21.4 Å². The minimum absolute atomic E-state index is 0.121. The lowest BCUT2D eigenvalue weighted by Gasteiger charge is -2.03. The van der Waals surface area contributed by atoms with Gasteiger partial charge in [-0.05, 0) is 0 Å². The molecule has 1 aromatic rings. The van der Waals surface area contributed by atoms with Crippen molar-refractivity contribution in [3.8, 4) is 0 Å². The number of pyridine rings is 1. The highest BCUT2D eigenvalue weighted by Gasteiger charge is 2.16. The van der Waals surface area contributed by atoms with Crippen LogP contribution in [0.1, 0.15) is 6.42 Å². The number of aromatic nitrogens is 1. The van der Waals surface area contributed by atoms with Crippen LogP contribution in [0.5, 0.6) is 0 Å². The van der Waals surface area contributed by atoms with E-state index in [-0.39, 0.29) is 17.9 Å². The van der Waals surface area contributed by atoms with Crippen molar-refractivity contribution in [2.24, 2.45) is 5.73 Å². The highest BCUT2D eigenvalue weighted by atomic mass is 32.2. The molecule has 0 atom stereocenters. The fourth-order valence-corrected chi connectivity index (χ4v) is 2.08. The van der Waals surface area contributed by atoms with Crippen LogP contribution in [0, 0.1) is 0 Å². The Labute approximate surface area is 91.7 Å². The molecule has 0 bridgehead atoms. The maximum atomic E-state index is 11.6. The molecular formula is C8H11N3O4S. The zero-order chi connectivity index (χ0) is 12.2. The van der Waals surface area contributed by atoms with Gasteiger partial charge in [-0.25, -0.2) is 13.1 Å². The molecule has 0 aliphatic heterocycles. The van der Waals surface area contributed by atoms with Gasteiger partial charge in [0, 0.05) is 31.4 Å². The van der Waals surface area contributed by atoms with Crippen molar-refractivity contribution in [2.75, 3.05) is 6.54 Å². The number of amides is 1. The summed E-state index contributed by atoms with van der Waals surface area (Å²) in [5.41, 5.74) is 4.23. The Kier molecular flexibility index (Phi) is 3.80. The van der Waals surface area contributed by atoms with E-state index in [4.69, 9.17) is 5.73 Å². The molecule has 1 heterocycles. The van der Waals surface area contributed by atoms with Crippen LogP contribution in [0.4, 0.5) is 0 Å². The summed E-state index contributed by atoms with van der Waals surface area (Å²) in [7, 11) is -3.89. The Morgan fingerprint density at radius 2 is 2.19 bits per heavy atom. The van der Waals surface area contributed by atoms with Gasteiger partial charge in [0.1, 0.15) is 4.90 Å². The molecule has 1 aromatic heterocycles. The summed E-state index contributed by atoms with van der Waals surface area (Å²) in [5, 5.41) is 0. The quantitative estimate of drug-likeness (QED) is 0.586. The number of sulfonamides is 1. The number of hydrogen-bond acceptors (Lipinski definition) is 4. The fourth-order valence-electron chi connectivity index (χ4n) is 0.997. The smallest absolute Gasteiger partial charge is 0.245 e. The van der Waals surface area contributed by atoms with E-state index in [0.29, 0.717) is 0 Å². The van der Waals surface area contributed by atoms with Gasteiger partial charge >= 0.3 is 0 Å². The molecule has 0 aliphatic rings. The molecule has 0 aromatic carbocycles. The summed E-state index contributed by atoms with van der Waals surface area (Å²) in [6.07, 6.45) is 2.28. The van der Waals surface area contributed by atoms with E-state index in [9.17, 15) is 18.0 Å². The number of rotatable bonds is 5. The van der Waals surface area contributed by atoms with Crippen molar-refractivity contribution in [1.29, 1.82) is 0 Å². The number of nitrogens with one attached hydrogen (secondary N) is 2. The van der Waals surface area contributed by atoms with Gasteiger partial charge in [-0.2, -0.15) is 0 Å². The fraction of sp³-hybridized carbons (Fsp3) is 0.250. The lowest BCUT2D eigenvalue weighted by molar-refractivity contribution is -0.117. The summed E-state index contributed by atoms with van der Waals surface area (Å²) in [5.74, 6) is -0.621. The van der Waals surface area contributed by atoms with Gasteiger partial charge in [-0.15, -0.1) is 0 Å². The number of H-pyrrole nitrogens is 1. The molecule has 0 radical (unpaired) electrons. The predicted molar refractivity (Wildman–Crippen MR) is 56.1 cm³/mol. The Balaban J connectivity index is 2.83. The maximum absolute atomic E-state index is 11.6. The summed E-state index contributed by atoms with van der Waals surface area (Å²) in [6, 6.07) is 1.10. The van der Waals surface area contributed by atoms with E-state index in [1.54, 1.807) is 0 Å². The van der Waals surface area contributed by atoms with Gasteiger partial charge in [-0.3, -0.25) is 9.59 Å². The summed E-state index contributed by atoms with van der Waals surface area (Å²) < 4.78 is 25.2. The Morgan fingerprint density at radius 3 is 2.75 bits per heavy atom. The highest BCUT2D eigenvalue weighted by Crippen LogP contribution is 1.99. The van der Waals surface area contributed by atoms with Crippen molar-refractivity contribution >= 4 is 15.9 Å². The molecule has 0 spiro atoms. The Bertz CT molecular complexity index is 534. The SMILES string of the molecule is NC(=O)CCNS(=O)(=O)c1c[nH]ccc1=O. The van der Waals surface area contributed by atoms with Crippen molar-refractivity contribution < 1.29 is 13.2 Å². The third kappa shape index (κ3) is 3.17. The topological polar surface area (TPSA) is 122 Å². The number of carbonyl (C=O) groups is 1. The molecule has 0 saturated heterocycles. The van der Waals surface area contributed by atoms with E-state index in [1.165, 1.54) is 6.20 Å². The van der Waals surface area contributed by atoms with Crippen LogP contribution in [0.25, 0.3) is 0 Å². The van der Waals surface area contributed by atoms with Crippen molar-refractivity contribution in [3.63, 3.8) is 0 Å². The largest absolute Gasteiger partial charge is 0.370 e. The first-order chi connectivity index (χ1) is 7.43. The normalized spacial score (nSPS) is 11.2. The van der Waals surface area contributed by atoms with E-state index in [1.807, 2.05) is 0 Å².